The molecule has 142 valence electrons. The third-order valence-electron chi connectivity index (χ3n) is 5.64. The van der Waals surface area contributed by atoms with Gasteiger partial charge < -0.3 is 14.6 Å². The molecule has 0 radical (unpaired) electrons. The molecule has 2 aliphatic rings. The molecule has 0 aromatic carbocycles. The lowest BCUT2D eigenvalue weighted by Crippen LogP contribution is -2.44. The van der Waals surface area contributed by atoms with Crippen molar-refractivity contribution in [1.29, 1.82) is 0 Å². The molecule has 1 saturated carbocycles. The molecule has 3 amide bonds. The fraction of sp³-hybridized carbons (Fsp3) is 0.632. The minimum Gasteiger partial charge on any atom is -0.383 e. The van der Waals surface area contributed by atoms with E-state index in [4.69, 9.17) is 4.74 Å². The number of nitrogens with zero attached hydrogens (tertiary/aromatic N) is 2. The Balaban J connectivity index is 1.80. The standard InChI is InChI=1S/C19H27N3O4/c1-12-9-15(14(3)22(12)13(2)11-26-4)16(23)10-21-17(24)19(20-18(21)25)7-5-6-8-19/h9,13H,5-8,10-11H2,1-4H3,(H,20,25)/t13-/m1/s1. The number of ketones is 1. The van der Waals surface area contributed by atoms with Crippen molar-refractivity contribution in [3.63, 3.8) is 0 Å². The number of amides is 3. The van der Waals surface area contributed by atoms with Gasteiger partial charge in [0, 0.05) is 24.1 Å². The highest BCUT2D eigenvalue weighted by Gasteiger charge is 2.52. The third kappa shape index (κ3) is 2.94. The third-order valence-corrected chi connectivity index (χ3v) is 5.64. The molecule has 1 saturated heterocycles. The van der Waals surface area contributed by atoms with Crippen molar-refractivity contribution in [2.45, 2.75) is 58.0 Å². The lowest BCUT2D eigenvalue weighted by atomic mass is 9.98. The minimum atomic E-state index is -0.777. The number of nitrogens with one attached hydrogen (secondary N) is 1. The molecule has 1 aromatic rings. The van der Waals surface area contributed by atoms with Gasteiger partial charge in [0.1, 0.15) is 5.54 Å². The van der Waals surface area contributed by atoms with E-state index in [0.29, 0.717) is 25.0 Å². The summed E-state index contributed by atoms with van der Waals surface area (Å²) < 4.78 is 7.27. The van der Waals surface area contributed by atoms with Crippen LogP contribution in [0.2, 0.25) is 0 Å². The highest BCUT2D eigenvalue weighted by molar-refractivity contribution is 6.11. The van der Waals surface area contributed by atoms with Gasteiger partial charge in [-0.15, -0.1) is 0 Å². The number of Topliss-reactive ketones (excluding diaryl/α,β-unsaturated/α-hetero) is 1. The fourth-order valence-corrected chi connectivity index (χ4v) is 4.42. The molecule has 1 aliphatic heterocycles. The van der Waals surface area contributed by atoms with Crippen molar-refractivity contribution in [2.24, 2.45) is 0 Å². The number of aryl methyl sites for hydroxylation is 1. The second-order valence-corrected chi connectivity index (χ2v) is 7.49. The van der Waals surface area contributed by atoms with Gasteiger partial charge >= 0.3 is 6.03 Å². The van der Waals surface area contributed by atoms with Gasteiger partial charge in [-0.2, -0.15) is 0 Å². The van der Waals surface area contributed by atoms with E-state index in [0.717, 1.165) is 29.1 Å². The topological polar surface area (TPSA) is 80.6 Å². The predicted octanol–water partition coefficient (Wildman–Crippen LogP) is 2.36. The number of carbonyl (C=O) groups excluding carboxylic acids is 3. The SMILES string of the molecule is COC[C@@H](C)n1c(C)cc(C(=O)CN2C(=O)NC3(CCCC3)C2=O)c1C. The molecular formula is C19H27N3O4. The van der Waals surface area contributed by atoms with E-state index >= 15 is 0 Å². The summed E-state index contributed by atoms with van der Waals surface area (Å²) in [6.07, 6.45) is 3.16. The molecule has 1 spiro atoms. The molecule has 7 heteroatoms. The van der Waals surface area contributed by atoms with Gasteiger partial charge in [0.25, 0.3) is 5.91 Å². The maximum atomic E-state index is 12.8. The van der Waals surface area contributed by atoms with Crippen molar-refractivity contribution in [1.82, 2.24) is 14.8 Å². The summed E-state index contributed by atoms with van der Waals surface area (Å²) in [4.78, 5) is 38.9. The zero-order chi connectivity index (χ0) is 19.1. The number of ether oxygens (including phenoxy) is 1. The summed E-state index contributed by atoms with van der Waals surface area (Å²) in [6, 6.07) is 1.47. The quantitative estimate of drug-likeness (QED) is 0.623. The Kier molecular flexibility index (Phi) is 4.92. The second-order valence-electron chi connectivity index (χ2n) is 7.49. The summed E-state index contributed by atoms with van der Waals surface area (Å²) in [7, 11) is 1.65. The van der Waals surface area contributed by atoms with E-state index in [1.54, 1.807) is 7.11 Å². The van der Waals surface area contributed by atoms with Crippen LogP contribution in [0.15, 0.2) is 6.07 Å². The molecule has 1 aliphatic carbocycles. The summed E-state index contributed by atoms with van der Waals surface area (Å²) in [5, 5.41) is 2.82. The zero-order valence-corrected chi connectivity index (χ0v) is 15.9. The first-order valence-corrected chi connectivity index (χ1v) is 9.15. The number of aromatic nitrogens is 1. The molecule has 3 rings (SSSR count). The zero-order valence-electron chi connectivity index (χ0n) is 15.9. The number of hydrogen-bond donors (Lipinski definition) is 1. The predicted molar refractivity (Wildman–Crippen MR) is 96.3 cm³/mol. The maximum Gasteiger partial charge on any atom is 0.325 e. The second kappa shape index (κ2) is 6.87. The molecule has 7 nitrogen and oxygen atoms in total. The van der Waals surface area contributed by atoms with Crippen LogP contribution in [0.4, 0.5) is 4.79 Å². The van der Waals surface area contributed by atoms with E-state index in [2.05, 4.69) is 9.88 Å². The van der Waals surface area contributed by atoms with E-state index in [1.807, 2.05) is 26.8 Å². The molecule has 2 fully saturated rings. The summed E-state index contributed by atoms with van der Waals surface area (Å²) >= 11 is 0. The average molecular weight is 361 g/mol. The Hall–Kier alpha value is -2.15. The van der Waals surface area contributed by atoms with E-state index < -0.39 is 11.6 Å². The lowest BCUT2D eigenvalue weighted by molar-refractivity contribution is -0.130. The number of methoxy groups -OCH3 is 1. The van der Waals surface area contributed by atoms with E-state index in [1.165, 1.54) is 0 Å². The van der Waals surface area contributed by atoms with Crippen LogP contribution in [0.25, 0.3) is 0 Å². The minimum absolute atomic E-state index is 0.0972. The maximum absolute atomic E-state index is 12.8. The summed E-state index contributed by atoms with van der Waals surface area (Å²) in [5.41, 5.74) is 1.57. The first kappa shape index (κ1) is 18.6. The van der Waals surface area contributed by atoms with Gasteiger partial charge in [0.05, 0.1) is 19.2 Å². The van der Waals surface area contributed by atoms with Crippen LogP contribution in [0.3, 0.4) is 0 Å². The Bertz CT molecular complexity index is 746. The monoisotopic (exact) mass is 361 g/mol. The van der Waals surface area contributed by atoms with Crippen LogP contribution in [-0.2, 0) is 9.53 Å². The van der Waals surface area contributed by atoms with Crippen molar-refractivity contribution in [3.05, 3.63) is 23.0 Å². The Labute approximate surface area is 153 Å². The number of hydrogen-bond acceptors (Lipinski definition) is 4. The van der Waals surface area contributed by atoms with Gasteiger partial charge in [0.15, 0.2) is 5.78 Å². The van der Waals surface area contributed by atoms with Crippen LogP contribution < -0.4 is 5.32 Å². The van der Waals surface area contributed by atoms with Gasteiger partial charge in [-0.25, -0.2) is 4.79 Å². The molecular weight excluding hydrogens is 334 g/mol. The number of urea groups is 1. The van der Waals surface area contributed by atoms with Crippen LogP contribution >= 0.6 is 0 Å². The van der Waals surface area contributed by atoms with Crippen LogP contribution in [-0.4, -0.2) is 53.0 Å². The fourth-order valence-electron chi connectivity index (χ4n) is 4.42. The van der Waals surface area contributed by atoms with E-state index in [9.17, 15) is 14.4 Å². The Morgan fingerprint density at radius 3 is 2.58 bits per heavy atom. The average Bonchev–Trinajstić information content (AvgIpc) is 3.22. The van der Waals surface area contributed by atoms with Crippen molar-refractivity contribution in [2.75, 3.05) is 20.3 Å². The largest absolute Gasteiger partial charge is 0.383 e. The molecule has 0 unspecified atom stereocenters. The van der Waals surface area contributed by atoms with Crippen LogP contribution in [0, 0.1) is 13.8 Å². The highest BCUT2D eigenvalue weighted by atomic mass is 16.5. The highest BCUT2D eigenvalue weighted by Crippen LogP contribution is 2.35. The Morgan fingerprint density at radius 1 is 1.31 bits per heavy atom. The van der Waals surface area contributed by atoms with Crippen molar-refractivity contribution in [3.8, 4) is 0 Å². The number of imide groups is 1. The lowest BCUT2D eigenvalue weighted by Gasteiger charge is -2.20. The van der Waals surface area contributed by atoms with Crippen molar-refractivity contribution < 1.29 is 19.1 Å². The van der Waals surface area contributed by atoms with E-state index in [-0.39, 0.29) is 24.3 Å². The van der Waals surface area contributed by atoms with Gasteiger partial charge in [-0.3, -0.25) is 14.5 Å². The molecule has 0 bridgehead atoms. The molecule has 2 heterocycles. The number of carbonyl (C=O) groups is 3. The molecule has 26 heavy (non-hydrogen) atoms. The van der Waals surface area contributed by atoms with Crippen molar-refractivity contribution >= 4 is 17.7 Å². The smallest absolute Gasteiger partial charge is 0.325 e. The molecule has 1 N–H and O–H groups in total. The summed E-state index contributed by atoms with van der Waals surface area (Å²) in [5.74, 6) is -0.470. The van der Waals surface area contributed by atoms with Gasteiger partial charge in [0.2, 0.25) is 0 Å². The Morgan fingerprint density at radius 2 is 1.96 bits per heavy atom. The summed E-state index contributed by atoms with van der Waals surface area (Å²) in [6.45, 7) is 6.18. The normalized spacial score (nSPS) is 20.1. The first-order valence-electron chi connectivity index (χ1n) is 9.15. The first-order chi connectivity index (χ1) is 12.3. The van der Waals surface area contributed by atoms with Crippen LogP contribution in [0.1, 0.15) is 60.4 Å². The molecule has 1 atom stereocenters. The number of rotatable bonds is 6. The molecule has 1 aromatic heterocycles. The van der Waals surface area contributed by atoms with Gasteiger partial charge in [-0.1, -0.05) is 12.8 Å². The van der Waals surface area contributed by atoms with Crippen LogP contribution in [0.5, 0.6) is 0 Å². The van der Waals surface area contributed by atoms with Gasteiger partial charge in [-0.05, 0) is 39.7 Å².